The third-order valence-electron chi connectivity index (χ3n) is 4.20. The molecule has 10 heteroatoms. The molecular formula is C20H27F3N4O2S. The lowest BCUT2D eigenvalue weighted by Gasteiger charge is -2.22. The first kappa shape index (κ1) is 23.9. The monoisotopic (exact) mass is 444 g/mol. The number of aliphatic hydroxyl groups is 1. The van der Waals surface area contributed by atoms with E-state index in [-0.39, 0.29) is 18.3 Å². The Hall–Kier alpha value is -2.33. The van der Waals surface area contributed by atoms with Crippen molar-refractivity contribution in [2.45, 2.75) is 33.2 Å². The van der Waals surface area contributed by atoms with Gasteiger partial charge in [-0.1, -0.05) is 12.1 Å². The Balaban J connectivity index is 1.98. The number of nitrogens with one attached hydrogen (secondary N) is 1. The van der Waals surface area contributed by atoms with Gasteiger partial charge >= 0.3 is 6.36 Å². The first-order chi connectivity index (χ1) is 14.2. The van der Waals surface area contributed by atoms with Gasteiger partial charge in [0.05, 0.1) is 17.2 Å². The minimum absolute atomic E-state index is 0.0846. The Kier molecular flexibility index (Phi) is 8.91. The predicted molar refractivity (Wildman–Crippen MR) is 112 cm³/mol. The van der Waals surface area contributed by atoms with Crippen LogP contribution in [0.3, 0.4) is 0 Å². The van der Waals surface area contributed by atoms with Crippen molar-refractivity contribution < 1.29 is 23.0 Å². The molecule has 30 heavy (non-hydrogen) atoms. The van der Waals surface area contributed by atoms with Gasteiger partial charge in [0.15, 0.2) is 5.96 Å². The molecule has 0 spiro atoms. The first-order valence-electron chi connectivity index (χ1n) is 9.56. The number of guanidine groups is 1. The molecule has 1 heterocycles. The smallest absolute Gasteiger partial charge is 0.406 e. The maximum atomic E-state index is 12.3. The Morgan fingerprint density at radius 1 is 1.33 bits per heavy atom. The van der Waals surface area contributed by atoms with Crippen molar-refractivity contribution in [1.29, 1.82) is 0 Å². The van der Waals surface area contributed by atoms with Crippen LogP contribution in [0.15, 0.2) is 34.6 Å². The first-order valence-corrected chi connectivity index (χ1v) is 10.4. The lowest BCUT2D eigenvalue weighted by atomic mass is 10.0. The summed E-state index contributed by atoms with van der Waals surface area (Å²) in [5.41, 5.74) is 1.76. The molecule has 0 radical (unpaired) electrons. The van der Waals surface area contributed by atoms with E-state index in [1.807, 2.05) is 31.2 Å². The summed E-state index contributed by atoms with van der Waals surface area (Å²) in [5.74, 6) is 0.275. The van der Waals surface area contributed by atoms with Gasteiger partial charge in [0.2, 0.25) is 0 Å². The summed E-state index contributed by atoms with van der Waals surface area (Å²) in [4.78, 5) is 11.1. The number of rotatable bonds is 9. The van der Waals surface area contributed by atoms with Crippen LogP contribution < -0.4 is 10.1 Å². The Morgan fingerprint density at radius 3 is 2.57 bits per heavy atom. The standard InChI is InChI=1S/C20H27F3N4O2S/c1-4-24-19(27(3)11-17-13-30-14(2)26-17)25-10-16(12-28)9-15-5-7-18(8-6-15)29-20(21,22)23/h5-8,13,16,28H,4,9-12H2,1-3H3,(H,24,25). The molecule has 0 amide bonds. The number of benzene rings is 1. The topological polar surface area (TPSA) is 70.0 Å². The molecule has 0 bridgehead atoms. The predicted octanol–water partition coefficient (Wildman–Crippen LogP) is 3.60. The number of alkyl halides is 3. The van der Waals surface area contributed by atoms with E-state index in [0.29, 0.717) is 32.0 Å². The van der Waals surface area contributed by atoms with E-state index in [9.17, 15) is 18.3 Å². The van der Waals surface area contributed by atoms with Crippen LogP contribution >= 0.6 is 11.3 Å². The molecule has 0 saturated carbocycles. The highest BCUT2D eigenvalue weighted by atomic mass is 32.1. The molecule has 0 fully saturated rings. The third kappa shape index (κ3) is 8.19. The molecule has 1 unspecified atom stereocenters. The van der Waals surface area contributed by atoms with Crippen molar-refractivity contribution in [3.63, 3.8) is 0 Å². The van der Waals surface area contributed by atoms with Crippen LogP contribution in [0.5, 0.6) is 5.75 Å². The quantitative estimate of drug-likeness (QED) is 0.457. The second-order valence-corrected chi connectivity index (χ2v) is 7.92. The number of thiazole rings is 1. The van der Waals surface area contributed by atoms with Crippen LogP contribution in [0.2, 0.25) is 0 Å². The summed E-state index contributed by atoms with van der Waals surface area (Å²) >= 11 is 1.60. The number of aliphatic imine (C=N–C) groups is 1. The van der Waals surface area contributed by atoms with Crippen LogP contribution in [-0.2, 0) is 13.0 Å². The van der Waals surface area contributed by atoms with Crippen molar-refractivity contribution in [1.82, 2.24) is 15.2 Å². The number of halogens is 3. The number of hydrogen-bond acceptors (Lipinski definition) is 5. The molecule has 6 nitrogen and oxygen atoms in total. The van der Waals surface area contributed by atoms with E-state index in [2.05, 4.69) is 20.0 Å². The van der Waals surface area contributed by atoms with E-state index in [0.717, 1.165) is 16.3 Å². The number of aromatic nitrogens is 1. The van der Waals surface area contributed by atoms with Crippen molar-refractivity contribution >= 4 is 17.3 Å². The number of aryl methyl sites for hydroxylation is 1. The largest absolute Gasteiger partial charge is 0.573 e. The van der Waals surface area contributed by atoms with Gasteiger partial charge in [0.1, 0.15) is 5.75 Å². The Bertz CT molecular complexity index is 809. The maximum Gasteiger partial charge on any atom is 0.573 e. The summed E-state index contributed by atoms with van der Waals surface area (Å²) in [6, 6.07) is 5.67. The molecule has 2 rings (SSSR count). The van der Waals surface area contributed by atoms with Gasteiger partial charge < -0.3 is 20.1 Å². The molecule has 0 aliphatic rings. The van der Waals surface area contributed by atoms with Crippen LogP contribution in [-0.4, -0.2) is 54.1 Å². The average molecular weight is 445 g/mol. The van der Waals surface area contributed by atoms with Crippen LogP contribution in [0.1, 0.15) is 23.2 Å². The van der Waals surface area contributed by atoms with Crippen LogP contribution in [0, 0.1) is 12.8 Å². The number of ether oxygens (including phenoxy) is 1. The molecule has 2 N–H and O–H groups in total. The van der Waals surface area contributed by atoms with Gasteiger partial charge in [0, 0.05) is 38.0 Å². The second kappa shape index (κ2) is 11.2. The van der Waals surface area contributed by atoms with E-state index in [1.165, 1.54) is 12.1 Å². The van der Waals surface area contributed by atoms with E-state index in [4.69, 9.17) is 0 Å². The van der Waals surface area contributed by atoms with Crippen LogP contribution in [0.4, 0.5) is 13.2 Å². The average Bonchev–Trinajstić information content (AvgIpc) is 3.08. The zero-order valence-corrected chi connectivity index (χ0v) is 18.1. The molecule has 1 aromatic heterocycles. The molecular weight excluding hydrogens is 417 g/mol. The summed E-state index contributed by atoms with van der Waals surface area (Å²) in [6.07, 6.45) is -4.23. The van der Waals surface area contributed by atoms with Gasteiger partial charge in [-0.15, -0.1) is 24.5 Å². The van der Waals surface area contributed by atoms with Crippen molar-refractivity contribution in [3.8, 4) is 5.75 Å². The number of hydrogen-bond donors (Lipinski definition) is 2. The SMILES string of the molecule is CCNC(=NCC(CO)Cc1ccc(OC(F)(F)F)cc1)N(C)Cc1csc(C)n1. The summed E-state index contributed by atoms with van der Waals surface area (Å²) in [7, 11) is 1.92. The van der Waals surface area contributed by atoms with E-state index in [1.54, 1.807) is 23.5 Å². The van der Waals surface area contributed by atoms with Gasteiger partial charge in [-0.3, -0.25) is 4.99 Å². The second-order valence-electron chi connectivity index (χ2n) is 6.85. The normalized spacial score (nSPS) is 13.2. The highest BCUT2D eigenvalue weighted by Gasteiger charge is 2.31. The lowest BCUT2D eigenvalue weighted by molar-refractivity contribution is -0.274. The van der Waals surface area contributed by atoms with Gasteiger partial charge in [0.25, 0.3) is 0 Å². The summed E-state index contributed by atoms with van der Waals surface area (Å²) < 4.78 is 40.7. The number of aliphatic hydroxyl groups excluding tert-OH is 1. The Labute approximate surface area is 178 Å². The molecule has 0 aliphatic carbocycles. The summed E-state index contributed by atoms with van der Waals surface area (Å²) in [6.45, 7) is 5.54. The lowest BCUT2D eigenvalue weighted by Crippen LogP contribution is -2.39. The van der Waals surface area contributed by atoms with Crippen molar-refractivity contribution in [2.75, 3.05) is 26.7 Å². The van der Waals surface area contributed by atoms with E-state index < -0.39 is 6.36 Å². The molecule has 1 atom stereocenters. The fourth-order valence-electron chi connectivity index (χ4n) is 2.83. The highest BCUT2D eigenvalue weighted by molar-refractivity contribution is 7.09. The zero-order chi connectivity index (χ0) is 22.1. The fourth-order valence-corrected chi connectivity index (χ4v) is 3.44. The van der Waals surface area contributed by atoms with Gasteiger partial charge in [-0.2, -0.15) is 0 Å². The molecule has 1 aromatic carbocycles. The molecule has 166 valence electrons. The van der Waals surface area contributed by atoms with Crippen molar-refractivity contribution in [2.24, 2.45) is 10.9 Å². The third-order valence-corrected chi connectivity index (χ3v) is 5.02. The Morgan fingerprint density at radius 2 is 2.03 bits per heavy atom. The number of nitrogens with zero attached hydrogens (tertiary/aromatic N) is 3. The van der Waals surface area contributed by atoms with E-state index >= 15 is 0 Å². The van der Waals surface area contributed by atoms with Crippen LogP contribution in [0.25, 0.3) is 0 Å². The fraction of sp³-hybridized carbons (Fsp3) is 0.500. The molecule has 0 saturated heterocycles. The molecule has 0 aliphatic heterocycles. The highest BCUT2D eigenvalue weighted by Crippen LogP contribution is 2.23. The minimum atomic E-state index is -4.71. The van der Waals surface area contributed by atoms with Gasteiger partial charge in [-0.05, 0) is 38.0 Å². The maximum absolute atomic E-state index is 12.3. The van der Waals surface area contributed by atoms with Gasteiger partial charge in [-0.25, -0.2) is 4.98 Å². The minimum Gasteiger partial charge on any atom is -0.406 e. The zero-order valence-electron chi connectivity index (χ0n) is 17.2. The summed E-state index contributed by atoms with van der Waals surface area (Å²) in [5, 5.41) is 16.0. The van der Waals surface area contributed by atoms with Crippen molar-refractivity contribution in [3.05, 3.63) is 45.9 Å². The molecule has 2 aromatic rings.